The Hall–Kier alpha value is -2.28. The van der Waals surface area contributed by atoms with Crippen LogP contribution in [0.5, 0.6) is 0 Å². The first-order valence-electron chi connectivity index (χ1n) is 8.80. The Balaban J connectivity index is 2.05. The maximum absolute atomic E-state index is 11.9. The van der Waals surface area contributed by atoms with Crippen LogP contribution < -0.4 is 10.2 Å². The fraction of sp³-hybridized carbons (Fsp3) is 0.579. The number of rotatable bonds is 5. The van der Waals surface area contributed by atoms with Crippen LogP contribution in [0.3, 0.4) is 0 Å². The van der Waals surface area contributed by atoms with Gasteiger partial charge in [-0.1, -0.05) is 12.1 Å². The number of carboxylic acid groups (broad SMARTS) is 1. The number of morpholine rings is 1. The Labute approximate surface area is 154 Å². The number of hydrogen-bond donors (Lipinski definition) is 2. The molecule has 26 heavy (non-hydrogen) atoms. The molecule has 0 aromatic heterocycles. The van der Waals surface area contributed by atoms with Crippen molar-refractivity contribution >= 4 is 17.7 Å². The van der Waals surface area contributed by atoms with Crippen LogP contribution in [0.15, 0.2) is 18.2 Å². The van der Waals surface area contributed by atoms with Crippen LogP contribution in [0.25, 0.3) is 0 Å². The molecule has 0 radical (unpaired) electrons. The molecule has 0 spiro atoms. The number of carboxylic acids is 1. The molecular formula is C19H28N2O5. The summed E-state index contributed by atoms with van der Waals surface area (Å²) < 4.78 is 10.5. The van der Waals surface area contributed by atoms with Crippen LogP contribution in [0, 0.1) is 6.92 Å². The quantitative estimate of drug-likeness (QED) is 0.834. The predicted octanol–water partition coefficient (Wildman–Crippen LogP) is 2.35. The van der Waals surface area contributed by atoms with Crippen molar-refractivity contribution in [2.45, 2.75) is 45.8 Å². The summed E-state index contributed by atoms with van der Waals surface area (Å²) >= 11 is 0. The third kappa shape index (κ3) is 5.91. The van der Waals surface area contributed by atoms with E-state index in [1.807, 2.05) is 25.1 Å². The summed E-state index contributed by atoms with van der Waals surface area (Å²) in [7, 11) is 0. The van der Waals surface area contributed by atoms with Gasteiger partial charge in [-0.15, -0.1) is 0 Å². The van der Waals surface area contributed by atoms with E-state index in [4.69, 9.17) is 9.47 Å². The summed E-state index contributed by atoms with van der Waals surface area (Å²) in [4.78, 5) is 25.6. The van der Waals surface area contributed by atoms with Crippen LogP contribution >= 0.6 is 0 Å². The van der Waals surface area contributed by atoms with Crippen molar-refractivity contribution in [3.05, 3.63) is 29.3 Å². The van der Waals surface area contributed by atoms with E-state index in [1.165, 1.54) is 0 Å². The Bertz CT molecular complexity index is 648. The Kier molecular flexibility index (Phi) is 6.47. The minimum Gasteiger partial charge on any atom is -0.480 e. The number of aliphatic carboxylic acids is 1. The molecule has 0 bridgehead atoms. The highest BCUT2D eigenvalue weighted by Gasteiger charge is 2.24. The zero-order chi connectivity index (χ0) is 19.3. The molecule has 1 heterocycles. The third-order valence-electron chi connectivity index (χ3n) is 4.04. The van der Waals surface area contributed by atoms with E-state index in [1.54, 1.807) is 20.8 Å². The first-order valence-corrected chi connectivity index (χ1v) is 8.80. The number of aryl methyl sites for hydroxylation is 1. The van der Waals surface area contributed by atoms with E-state index in [0.717, 1.165) is 29.9 Å². The van der Waals surface area contributed by atoms with Gasteiger partial charge in [0.05, 0.1) is 13.2 Å². The van der Waals surface area contributed by atoms with Gasteiger partial charge in [-0.05, 0) is 44.9 Å². The first kappa shape index (κ1) is 20.0. The third-order valence-corrected chi connectivity index (χ3v) is 4.04. The minimum absolute atomic E-state index is 0.193. The number of carbonyl (C=O) groups is 2. The van der Waals surface area contributed by atoms with Crippen LogP contribution in [0.1, 0.15) is 31.9 Å². The van der Waals surface area contributed by atoms with Crippen LogP contribution in [0.4, 0.5) is 10.5 Å². The number of nitrogens with one attached hydrogen (secondary N) is 1. The highest BCUT2D eigenvalue weighted by molar-refractivity contribution is 5.80. The molecule has 1 aliphatic heterocycles. The summed E-state index contributed by atoms with van der Waals surface area (Å²) in [6.07, 6.45) is -0.537. The van der Waals surface area contributed by atoms with Crippen molar-refractivity contribution < 1.29 is 24.2 Å². The average molecular weight is 364 g/mol. The van der Waals surface area contributed by atoms with Crippen LogP contribution in [0.2, 0.25) is 0 Å². The van der Waals surface area contributed by atoms with Crippen LogP contribution in [-0.2, 0) is 20.7 Å². The van der Waals surface area contributed by atoms with Crippen molar-refractivity contribution in [3.63, 3.8) is 0 Å². The van der Waals surface area contributed by atoms with E-state index in [0.29, 0.717) is 13.2 Å². The largest absolute Gasteiger partial charge is 0.480 e. The predicted molar refractivity (Wildman–Crippen MR) is 98.7 cm³/mol. The number of anilines is 1. The van der Waals surface area contributed by atoms with Gasteiger partial charge >= 0.3 is 12.1 Å². The Morgan fingerprint density at radius 2 is 1.96 bits per heavy atom. The number of benzene rings is 1. The van der Waals surface area contributed by atoms with E-state index in [-0.39, 0.29) is 6.42 Å². The summed E-state index contributed by atoms with van der Waals surface area (Å²) in [6, 6.07) is 4.84. The number of amides is 1. The molecule has 0 saturated carbocycles. The molecule has 1 saturated heterocycles. The van der Waals surface area contributed by atoms with E-state index < -0.39 is 23.7 Å². The molecule has 7 nitrogen and oxygen atoms in total. The maximum atomic E-state index is 11.9. The van der Waals surface area contributed by atoms with Crippen LogP contribution in [-0.4, -0.2) is 55.1 Å². The lowest BCUT2D eigenvalue weighted by Crippen LogP contribution is -2.44. The lowest BCUT2D eigenvalue weighted by molar-refractivity contribution is -0.139. The first-order chi connectivity index (χ1) is 12.2. The van der Waals surface area contributed by atoms with Gasteiger partial charge in [-0.3, -0.25) is 0 Å². The monoisotopic (exact) mass is 364 g/mol. The Morgan fingerprint density at radius 3 is 2.50 bits per heavy atom. The lowest BCUT2D eigenvalue weighted by atomic mass is 10.0. The SMILES string of the molecule is Cc1cc(CC(NC(=O)OC(C)(C)C)C(=O)O)ccc1N1CCOCC1. The summed E-state index contributed by atoms with van der Waals surface area (Å²) in [6.45, 7) is 10.3. The Morgan fingerprint density at radius 1 is 1.31 bits per heavy atom. The molecule has 1 aromatic carbocycles. The summed E-state index contributed by atoms with van der Waals surface area (Å²) in [5.41, 5.74) is 2.38. The van der Waals surface area contributed by atoms with Crippen molar-refractivity contribution in [2.24, 2.45) is 0 Å². The molecule has 7 heteroatoms. The van der Waals surface area contributed by atoms with Gasteiger partial charge < -0.3 is 24.8 Å². The zero-order valence-corrected chi connectivity index (χ0v) is 15.9. The molecule has 0 aliphatic carbocycles. The van der Waals surface area contributed by atoms with Gasteiger partial charge in [-0.25, -0.2) is 9.59 Å². The van der Waals surface area contributed by atoms with Gasteiger partial charge in [0.1, 0.15) is 11.6 Å². The van der Waals surface area contributed by atoms with Gasteiger partial charge in [0.15, 0.2) is 0 Å². The molecule has 1 amide bonds. The second kappa shape index (κ2) is 8.40. The summed E-state index contributed by atoms with van der Waals surface area (Å²) in [5, 5.41) is 11.8. The second-order valence-corrected chi connectivity index (χ2v) is 7.46. The minimum atomic E-state index is -1.09. The number of ether oxygens (including phenoxy) is 2. The highest BCUT2D eigenvalue weighted by atomic mass is 16.6. The zero-order valence-electron chi connectivity index (χ0n) is 15.9. The van der Waals surface area contributed by atoms with Gasteiger partial charge in [0.25, 0.3) is 0 Å². The number of hydrogen-bond acceptors (Lipinski definition) is 5. The number of carbonyl (C=O) groups excluding carboxylic acids is 1. The van der Waals surface area contributed by atoms with Crippen molar-refractivity contribution in [3.8, 4) is 0 Å². The normalized spacial score (nSPS) is 16.1. The fourth-order valence-electron chi connectivity index (χ4n) is 2.89. The van der Waals surface area contributed by atoms with Gasteiger partial charge in [0.2, 0.25) is 0 Å². The molecule has 1 fully saturated rings. The molecule has 144 valence electrons. The second-order valence-electron chi connectivity index (χ2n) is 7.46. The molecular weight excluding hydrogens is 336 g/mol. The summed E-state index contributed by atoms with van der Waals surface area (Å²) in [5.74, 6) is -1.09. The number of alkyl carbamates (subject to hydrolysis) is 1. The molecule has 1 unspecified atom stereocenters. The molecule has 2 rings (SSSR count). The van der Waals surface area contributed by atoms with Gasteiger partial charge in [-0.2, -0.15) is 0 Å². The van der Waals surface area contributed by atoms with E-state index in [9.17, 15) is 14.7 Å². The van der Waals surface area contributed by atoms with E-state index in [2.05, 4.69) is 10.2 Å². The topological polar surface area (TPSA) is 88.1 Å². The number of nitrogens with zero attached hydrogens (tertiary/aromatic N) is 1. The van der Waals surface area contributed by atoms with Crippen molar-refractivity contribution in [2.75, 3.05) is 31.2 Å². The average Bonchev–Trinajstić information content (AvgIpc) is 2.53. The molecule has 1 aliphatic rings. The maximum Gasteiger partial charge on any atom is 0.408 e. The highest BCUT2D eigenvalue weighted by Crippen LogP contribution is 2.23. The molecule has 2 N–H and O–H groups in total. The smallest absolute Gasteiger partial charge is 0.408 e. The molecule has 1 aromatic rings. The van der Waals surface area contributed by atoms with Crippen molar-refractivity contribution in [1.29, 1.82) is 0 Å². The molecule has 1 atom stereocenters. The fourth-order valence-corrected chi connectivity index (χ4v) is 2.89. The van der Waals surface area contributed by atoms with Crippen molar-refractivity contribution in [1.82, 2.24) is 5.32 Å². The lowest BCUT2D eigenvalue weighted by Gasteiger charge is -2.30. The van der Waals surface area contributed by atoms with Gasteiger partial charge in [0, 0.05) is 25.2 Å². The standard InChI is InChI=1S/C19H28N2O5/c1-13-11-14(5-6-16(13)21-7-9-25-10-8-21)12-15(17(22)23)20-18(24)26-19(2,3)4/h5-6,11,15H,7-10,12H2,1-4H3,(H,20,24)(H,22,23). The van der Waals surface area contributed by atoms with E-state index >= 15 is 0 Å².